The van der Waals surface area contributed by atoms with Crippen LogP contribution in [0.5, 0.6) is 0 Å². The second kappa shape index (κ2) is 7.05. The van der Waals surface area contributed by atoms with Crippen molar-refractivity contribution in [2.24, 2.45) is 0 Å². The summed E-state index contributed by atoms with van der Waals surface area (Å²) in [5.41, 5.74) is 1.45. The van der Waals surface area contributed by atoms with E-state index in [1.807, 2.05) is 18.2 Å². The van der Waals surface area contributed by atoms with Crippen LogP contribution in [0.4, 0.5) is 5.69 Å². The number of carboxylic acids is 1. The van der Waals surface area contributed by atoms with Crippen molar-refractivity contribution < 1.29 is 19.1 Å². The van der Waals surface area contributed by atoms with Crippen molar-refractivity contribution in [1.82, 2.24) is 10.2 Å². The highest BCUT2D eigenvalue weighted by atomic mass is 32.1. The number of aliphatic carboxylic acids is 1. The summed E-state index contributed by atoms with van der Waals surface area (Å²) in [6.45, 7) is 0. The second-order valence-electron chi connectivity index (χ2n) is 4.91. The van der Waals surface area contributed by atoms with Crippen LogP contribution in [0, 0.1) is 0 Å². The highest BCUT2D eigenvalue weighted by molar-refractivity contribution is 7.13. The molecule has 0 saturated heterocycles. The van der Waals surface area contributed by atoms with E-state index in [4.69, 9.17) is 9.52 Å². The van der Waals surface area contributed by atoms with Crippen LogP contribution < -0.4 is 5.32 Å². The first kappa shape index (κ1) is 15.9. The summed E-state index contributed by atoms with van der Waals surface area (Å²) in [5, 5.41) is 19.8. The number of carboxylic acid groups (broad SMARTS) is 1. The van der Waals surface area contributed by atoms with Gasteiger partial charge in [-0.25, -0.2) is 0 Å². The number of amides is 1. The summed E-state index contributed by atoms with van der Waals surface area (Å²) >= 11 is 1.09. The number of hydrogen-bond donors (Lipinski definition) is 2. The Morgan fingerprint density at radius 3 is 2.83 bits per heavy atom. The normalized spacial score (nSPS) is 10.5. The lowest BCUT2D eigenvalue weighted by Crippen LogP contribution is -2.11. The van der Waals surface area contributed by atoms with Gasteiger partial charge in [0.15, 0.2) is 0 Å². The zero-order chi connectivity index (χ0) is 16.9. The molecular weight excluding hydrogens is 330 g/mol. The Labute approximate surface area is 141 Å². The molecule has 0 radical (unpaired) electrons. The minimum Gasteiger partial charge on any atom is -0.481 e. The van der Waals surface area contributed by atoms with Gasteiger partial charge in [-0.1, -0.05) is 23.5 Å². The molecular formula is C16H13N3O4S. The molecule has 0 saturated carbocycles. The Balaban J connectivity index is 1.69. The molecule has 0 aliphatic rings. The van der Waals surface area contributed by atoms with E-state index in [1.165, 1.54) is 0 Å². The number of carbonyl (C=O) groups is 2. The lowest BCUT2D eigenvalue weighted by molar-refractivity contribution is -0.136. The number of furan rings is 1. The van der Waals surface area contributed by atoms with Gasteiger partial charge in [0.1, 0.15) is 10.8 Å². The zero-order valence-electron chi connectivity index (χ0n) is 12.4. The average molecular weight is 343 g/mol. The topological polar surface area (TPSA) is 105 Å². The number of carbonyl (C=O) groups excluding carboxylic acids is 1. The van der Waals surface area contributed by atoms with Gasteiger partial charge in [0.2, 0.25) is 5.01 Å². The number of anilines is 1. The van der Waals surface area contributed by atoms with Crippen LogP contribution in [-0.2, 0) is 11.2 Å². The van der Waals surface area contributed by atoms with Crippen LogP contribution in [0.1, 0.15) is 21.2 Å². The Kier molecular flexibility index (Phi) is 4.66. The first-order chi connectivity index (χ1) is 11.6. The molecule has 0 aliphatic heterocycles. The SMILES string of the molecule is O=C(O)CCc1nnc(C(=O)Nc2cccc(-c3ccco3)c2)s1. The fraction of sp³-hybridized carbons (Fsp3) is 0.125. The smallest absolute Gasteiger partial charge is 0.303 e. The third-order valence-electron chi connectivity index (χ3n) is 3.14. The van der Waals surface area contributed by atoms with Crippen molar-refractivity contribution in [3.05, 3.63) is 52.7 Å². The minimum absolute atomic E-state index is 0.0402. The van der Waals surface area contributed by atoms with E-state index in [1.54, 1.807) is 24.5 Å². The quantitative estimate of drug-likeness (QED) is 0.712. The van der Waals surface area contributed by atoms with E-state index in [0.29, 0.717) is 16.5 Å². The van der Waals surface area contributed by atoms with E-state index in [0.717, 1.165) is 16.9 Å². The van der Waals surface area contributed by atoms with E-state index in [2.05, 4.69) is 15.5 Å². The molecule has 0 fully saturated rings. The molecule has 0 aliphatic carbocycles. The van der Waals surface area contributed by atoms with Crippen LogP contribution in [-0.4, -0.2) is 27.2 Å². The second-order valence-corrected chi connectivity index (χ2v) is 5.97. The zero-order valence-corrected chi connectivity index (χ0v) is 13.2. The highest BCUT2D eigenvalue weighted by Gasteiger charge is 2.14. The summed E-state index contributed by atoms with van der Waals surface area (Å²) in [5.74, 6) is -0.588. The van der Waals surface area contributed by atoms with Crippen LogP contribution in [0.15, 0.2) is 47.1 Å². The number of nitrogens with zero attached hydrogens (tertiary/aromatic N) is 2. The molecule has 3 rings (SSSR count). The summed E-state index contributed by atoms with van der Waals surface area (Å²) in [7, 11) is 0. The standard InChI is InChI=1S/C16H13N3O4S/c20-14(21)7-6-13-18-19-16(24-13)15(22)17-11-4-1-3-10(9-11)12-5-2-8-23-12/h1-5,8-9H,6-7H2,(H,17,22)(H,20,21). The molecule has 2 N–H and O–H groups in total. The van der Waals surface area contributed by atoms with Crippen molar-refractivity contribution in [3.63, 3.8) is 0 Å². The van der Waals surface area contributed by atoms with Gasteiger partial charge < -0.3 is 14.8 Å². The number of aromatic nitrogens is 2. The molecule has 2 aromatic heterocycles. The van der Waals surface area contributed by atoms with Crippen LogP contribution >= 0.6 is 11.3 Å². The van der Waals surface area contributed by atoms with Crippen LogP contribution in [0.25, 0.3) is 11.3 Å². The van der Waals surface area contributed by atoms with E-state index in [9.17, 15) is 9.59 Å². The van der Waals surface area contributed by atoms with Gasteiger partial charge in [-0.3, -0.25) is 9.59 Å². The van der Waals surface area contributed by atoms with Crippen molar-refractivity contribution >= 4 is 28.9 Å². The van der Waals surface area contributed by atoms with E-state index >= 15 is 0 Å². The molecule has 1 aromatic carbocycles. The van der Waals surface area contributed by atoms with E-state index < -0.39 is 5.97 Å². The molecule has 0 bridgehead atoms. The first-order valence-corrected chi connectivity index (χ1v) is 7.93. The third-order valence-corrected chi connectivity index (χ3v) is 4.12. The van der Waals surface area contributed by atoms with Gasteiger partial charge in [-0.2, -0.15) is 0 Å². The molecule has 7 nitrogen and oxygen atoms in total. The van der Waals surface area contributed by atoms with Crippen molar-refractivity contribution in [2.45, 2.75) is 12.8 Å². The summed E-state index contributed by atoms with van der Waals surface area (Å²) < 4.78 is 5.33. The number of hydrogen-bond acceptors (Lipinski definition) is 6. The monoisotopic (exact) mass is 343 g/mol. The first-order valence-electron chi connectivity index (χ1n) is 7.11. The molecule has 0 spiro atoms. The van der Waals surface area contributed by atoms with Crippen molar-refractivity contribution in [1.29, 1.82) is 0 Å². The van der Waals surface area contributed by atoms with Crippen LogP contribution in [0.3, 0.4) is 0 Å². The average Bonchev–Trinajstić information content (AvgIpc) is 3.25. The molecule has 0 unspecified atom stereocenters. The molecule has 3 aromatic rings. The fourth-order valence-electron chi connectivity index (χ4n) is 2.04. The summed E-state index contributed by atoms with van der Waals surface area (Å²) in [4.78, 5) is 22.8. The van der Waals surface area contributed by atoms with Crippen LogP contribution in [0.2, 0.25) is 0 Å². The van der Waals surface area contributed by atoms with Crippen molar-refractivity contribution in [2.75, 3.05) is 5.32 Å². The maximum atomic E-state index is 12.2. The van der Waals surface area contributed by atoms with Gasteiger partial charge >= 0.3 is 5.97 Å². The van der Waals surface area contributed by atoms with Gasteiger partial charge in [-0.05, 0) is 24.3 Å². The Bertz CT molecular complexity index is 858. The van der Waals surface area contributed by atoms with E-state index in [-0.39, 0.29) is 23.8 Å². The third kappa shape index (κ3) is 3.85. The number of benzene rings is 1. The Morgan fingerprint density at radius 2 is 2.08 bits per heavy atom. The predicted octanol–water partition coefficient (Wildman–Crippen LogP) is 3.07. The van der Waals surface area contributed by atoms with Crippen molar-refractivity contribution in [3.8, 4) is 11.3 Å². The molecule has 2 heterocycles. The number of nitrogens with one attached hydrogen (secondary N) is 1. The van der Waals surface area contributed by atoms with Gasteiger partial charge in [0.05, 0.1) is 12.7 Å². The van der Waals surface area contributed by atoms with Gasteiger partial charge in [0, 0.05) is 17.7 Å². The Morgan fingerprint density at radius 1 is 1.21 bits per heavy atom. The van der Waals surface area contributed by atoms with Gasteiger partial charge in [-0.15, -0.1) is 10.2 Å². The van der Waals surface area contributed by atoms with Gasteiger partial charge in [0.25, 0.3) is 5.91 Å². The molecule has 8 heteroatoms. The largest absolute Gasteiger partial charge is 0.481 e. The summed E-state index contributed by atoms with van der Waals surface area (Å²) in [6, 6.07) is 10.9. The molecule has 24 heavy (non-hydrogen) atoms. The number of aryl methyl sites for hydroxylation is 1. The lowest BCUT2D eigenvalue weighted by atomic mass is 10.1. The Hall–Kier alpha value is -3.00. The predicted molar refractivity (Wildman–Crippen MR) is 88.0 cm³/mol. The fourth-order valence-corrected chi connectivity index (χ4v) is 2.77. The molecule has 0 atom stereocenters. The molecule has 1 amide bonds. The highest BCUT2D eigenvalue weighted by Crippen LogP contribution is 2.23. The lowest BCUT2D eigenvalue weighted by Gasteiger charge is -2.04. The maximum Gasteiger partial charge on any atom is 0.303 e. The number of rotatable bonds is 6. The minimum atomic E-state index is -0.911. The maximum absolute atomic E-state index is 12.2. The molecule has 122 valence electrons. The summed E-state index contributed by atoms with van der Waals surface area (Å²) in [6.07, 6.45) is 1.80.